The number of aliphatic carboxylic acids is 1. The maximum Gasteiger partial charge on any atom is 0.320 e. The Labute approximate surface area is 184 Å². The Bertz CT molecular complexity index is 834. The SMILES string of the molecule is C[C@H](C(=O)O)N(CCO)Cc1ccc(C(=O)CCCCCC=Cc2ccccc2)cn1. The van der Waals surface area contributed by atoms with E-state index in [-0.39, 0.29) is 18.9 Å². The van der Waals surface area contributed by atoms with Gasteiger partial charge in [0.25, 0.3) is 0 Å². The van der Waals surface area contributed by atoms with E-state index in [0.29, 0.717) is 24.2 Å². The first kappa shape index (κ1) is 24.4. The Morgan fingerprint density at radius 2 is 1.87 bits per heavy atom. The van der Waals surface area contributed by atoms with Gasteiger partial charge in [-0.25, -0.2) is 0 Å². The van der Waals surface area contributed by atoms with E-state index < -0.39 is 12.0 Å². The van der Waals surface area contributed by atoms with Gasteiger partial charge in [0.05, 0.1) is 12.3 Å². The molecule has 0 saturated heterocycles. The molecular formula is C25H32N2O4. The Kier molecular flexibility index (Phi) is 10.6. The van der Waals surface area contributed by atoms with Crippen LogP contribution in [-0.2, 0) is 11.3 Å². The number of nitrogens with zero attached hydrogens (tertiary/aromatic N) is 2. The van der Waals surface area contributed by atoms with Crippen LogP contribution in [0.5, 0.6) is 0 Å². The van der Waals surface area contributed by atoms with Crippen molar-refractivity contribution in [3.8, 4) is 0 Å². The molecule has 1 heterocycles. The van der Waals surface area contributed by atoms with Crippen LogP contribution in [0.3, 0.4) is 0 Å². The van der Waals surface area contributed by atoms with Gasteiger partial charge in [-0.2, -0.15) is 0 Å². The maximum atomic E-state index is 12.4. The summed E-state index contributed by atoms with van der Waals surface area (Å²) in [6.07, 6.45) is 10.2. The first-order valence-corrected chi connectivity index (χ1v) is 10.8. The summed E-state index contributed by atoms with van der Waals surface area (Å²) < 4.78 is 0. The number of unbranched alkanes of at least 4 members (excludes halogenated alkanes) is 3. The number of carboxylic acids is 1. The lowest BCUT2D eigenvalue weighted by molar-refractivity contribution is -0.143. The topological polar surface area (TPSA) is 90.7 Å². The number of ketones is 1. The smallest absolute Gasteiger partial charge is 0.320 e. The van der Waals surface area contributed by atoms with Crippen LogP contribution in [0.25, 0.3) is 6.08 Å². The zero-order valence-electron chi connectivity index (χ0n) is 18.1. The third-order valence-electron chi connectivity index (χ3n) is 5.19. The normalized spacial score (nSPS) is 12.4. The molecule has 1 aromatic carbocycles. The lowest BCUT2D eigenvalue weighted by Gasteiger charge is -2.24. The molecule has 0 aliphatic rings. The highest BCUT2D eigenvalue weighted by Gasteiger charge is 2.20. The number of aliphatic hydroxyl groups is 1. The number of aliphatic hydroxyl groups excluding tert-OH is 1. The zero-order valence-corrected chi connectivity index (χ0v) is 18.1. The predicted octanol–water partition coefficient (Wildman–Crippen LogP) is 4.20. The van der Waals surface area contributed by atoms with Crippen LogP contribution in [-0.4, -0.2) is 51.0 Å². The van der Waals surface area contributed by atoms with Crippen molar-refractivity contribution >= 4 is 17.8 Å². The Hall–Kier alpha value is -2.83. The van der Waals surface area contributed by atoms with E-state index in [1.807, 2.05) is 18.2 Å². The van der Waals surface area contributed by atoms with E-state index in [2.05, 4.69) is 29.3 Å². The van der Waals surface area contributed by atoms with E-state index in [9.17, 15) is 14.7 Å². The fourth-order valence-electron chi connectivity index (χ4n) is 3.24. The minimum atomic E-state index is -0.948. The van der Waals surface area contributed by atoms with Gasteiger partial charge in [-0.3, -0.25) is 19.5 Å². The molecule has 0 aliphatic heterocycles. The second-order valence-corrected chi connectivity index (χ2v) is 7.58. The van der Waals surface area contributed by atoms with Crippen molar-refractivity contribution in [3.05, 3.63) is 71.6 Å². The van der Waals surface area contributed by atoms with Crippen LogP contribution in [0.2, 0.25) is 0 Å². The molecule has 0 fully saturated rings. The molecule has 0 unspecified atom stereocenters. The van der Waals surface area contributed by atoms with Gasteiger partial charge in [0, 0.05) is 31.3 Å². The molecule has 6 nitrogen and oxygen atoms in total. The first-order valence-electron chi connectivity index (χ1n) is 10.8. The van der Waals surface area contributed by atoms with E-state index >= 15 is 0 Å². The fraction of sp³-hybridized carbons (Fsp3) is 0.400. The number of hydrogen-bond acceptors (Lipinski definition) is 5. The molecule has 0 aliphatic carbocycles. The number of pyridine rings is 1. The van der Waals surface area contributed by atoms with Crippen molar-refractivity contribution in [2.24, 2.45) is 0 Å². The Morgan fingerprint density at radius 3 is 2.52 bits per heavy atom. The molecule has 1 atom stereocenters. The van der Waals surface area contributed by atoms with Gasteiger partial charge in [0.15, 0.2) is 5.78 Å². The molecular weight excluding hydrogens is 392 g/mol. The van der Waals surface area contributed by atoms with Gasteiger partial charge in [-0.1, -0.05) is 48.9 Å². The summed E-state index contributed by atoms with van der Waals surface area (Å²) >= 11 is 0. The molecule has 0 saturated carbocycles. The second-order valence-electron chi connectivity index (χ2n) is 7.58. The number of allylic oxidation sites excluding steroid dienone is 1. The molecule has 31 heavy (non-hydrogen) atoms. The molecule has 6 heteroatoms. The van der Waals surface area contributed by atoms with Gasteiger partial charge in [-0.05, 0) is 43.9 Å². The van der Waals surface area contributed by atoms with Gasteiger partial charge < -0.3 is 10.2 Å². The summed E-state index contributed by atoms with van der Waals surface area (Å²) in [7, 11) is 0. The number of carbonyl (C=O) groups excluding carboxylic acids is 1. The summed E-state index contributed by atoms with van der Waals surface area (Å²) in [5.74, 6) is -0.874. The number of rotatable bonds is 14. The van der Waals surface area contributed by atoms with Gasteiger partial charge in [0.2, 0.25) is 0 Å². The number of benzene rings is 1. The third-order valence-corrected chi connectivity index (χ3v) is 5.19. The highest BCUT2D eigenvalue weighted by Crippen LogP contribution is 2.12. The summed E-state index contributed by atoms with van der Waals surface area (Å²) in [5.41, 5.74) is 2.45. The number of aromatic nitrogens is 1. The van der Waals surface area contributed by atoms with E-state index in [1.54, 1.807) is 30.2 Å². The van der Waals surface area contributed by atoms with E-state index in [1.165, 1.54) is 5.56 Å². The van der Waals surface area contributed by atoms with Crippen LogP contribution in [0.4, 0.5) is 0 Å². The lowest BCUT2D eigenvalue weighted by Crippen LogP contribution is -2.40. The van der Waals surface area contributed by atoms with Crippen molar-refractivity contribution < 1.29 is 19.8 Å². The first-order chi connectivity index (χ1) is 15.0. The highest BCUT2D eigenvalue weighted by atomic mass is 16.4. The lowest BCUT2D eigenvalue weighted by atomic mass is 10.0. The van der Waals surface area contributed by atoms with Gasteiger partial charge in [-0.15, -0.1) is 0 Å². The van der Waals surface area contributed by atoms with Gasteiger partial charge >= 0.3 is 5.97 Å². The molecule has 2 rings (SSSR count). The van der Waals surface area contributed by atoms with Crippen molar-refractivity contribution in [3.63, 3.8) is 0 Å². The molecule has 1 aromatic heterocycles. The largest absolute Gasteiger partial charge is 0.480 e. The van der Waals surface area contributed by atoms with E-state index in [0.717, 1.165) is 25.7 Å². The molecule has 0 radical (unpaired) electrons. The number of carbonyl (C=O) groups is 2. The quantitative estimate of drug-likeness (QED) is 0.349. The molecule has 0 spiro atoms. The average Bonchev–Trinajstić information content (AvgIpc) is 2.78. The summed E-state index contributed by atoms with van der Waals surface area (Å²) in [6.45, 7) is 2.00. The van der Waals surface area contributed by atoms with Crippen LogP contribution in [0.1, 0.15) is 60.6 Å². The van der Waals surface area contributed by atoms with Gasteiger partial charge in [0.1, 0.15) is 6.04 Å². The van der Waals surface area contributed by atoms with Crippen molar-refractivity contribution in [1.29, 1.82) is 0 Å². The Balaban J connectivity index is 1.72. The zero-order chi connectivity index (χ0) is 22.5. The van der Waals surface area contributed by atoms with Crippen LogP contribution in [0, 0.1) is 0 Å². The third kappa shape index (κ3) is 8.82. The monoisotopic (exact) mass is 424 g/mol. The molecule has 0 amide bonds. The van der Waals surface area contributed by atoms with Crippen molar-refractivity contribution in [1.82, 2.24) is 9.88 Å². The maximum absolute atomic E-state index is 12.4. The van der Waals surface area contributed by atoms with Crippen molar-refractivity contribution in [2.45, 2.75) is 51.6 Å². The molecule has 2 aromatic rings. The summed E-state index contributed by atoms with van der Waals surface area (Å²) in [5, 5.41) is 18.3. The predicted molar refractivity (Wildman–Crippen MR) is 122 cm³/mol. The minimum Gasteiger partial charge on any atom is -0.480 e. The molecule has 0 bridgehead atoms. The fourth-order valence-corrected chi connectivity index (χ4v) is 3.24. The summed E-state index contributed by atoms with van der Waals surface area (Å²) in [6, 6.07) is 13.0. The number of hydrogen-bond donors (Lipinski definition) is 2. The second kappa shape index (κ2) is 13.5. The van der Waals surface area contributed by atoms with Crippen LogP contribution < -0.4 is 0 Å². The highest BCUT2D eigenvalue weighted by molar-refractivity contribution is 5.95. The number of carboxylic acid groups (broad SMARTS) is 1. The van der Waals surface area contributed by atoms with Crippen molar-refractivity contribution in [2.75, 3.05) is 13.2 Å². The van der Waals surface area contributed by atoms with Crippen LogP contribution in [0.15, 0.2) is 54.7 Å². The minimum absolute atomic E-state index is 0.0741. The van der Waals surface area contributed by atoms with E-state index in [4.69, 9.17) is 5.11 Å². The molecule has 166 valence electrons. The Morgan fingerprint density at radius 1 is 1.10 bits per heavy atom. The standard InChI is InChI=1S/C25H32N2O4/c1-20(25(30)31)27(16-17-28)19-23-15-14-22(18-26-23)24(29)13-9-4-2-3-6-10-21-11-7-5-8-12-21/h5-8,10-12,14-15,18,20,28H,2-4,9,13,16-17,19H2,1H3,(H,30,31)/t20-/m1/s1. The summed E-state index contributed by atoms with van der Waals surface area (Å²) in [4.78, 5) is 29.5. The average molecular weight is 425 g/mol. The number of Topliss-reactive ketones (excluding diaryl/α,β-unsaturated/α-hetero) is 1. The molecule has 2 N–H and O–H groups in total. The van der Waals surface area contributed by atoms with Crippen LogP contribution >= 0.6 is 0 Å².